The normalized spacial score (nSPS) is 25.9. The maximum absolute atomic E-state index is 13.8. The van der Waals surface area contributed by atoms with Gasteiger partial charge in [0.1, 0.15) is 5.82 Å². The number of carbonyl (C=O) groups is 3. The first kappa shape index (κ1) is 24.6. The largest absolute Gasteiger partial charge is 0.350 e. The second-order valence-electron chi connectivity index (χ2n) is 10.1. The Morgan fingerprint density at radius 1 is 0.971 bits per heavy atom. The highest BCUT2D eigenvalue weighted by Crippen LogP contribution is 2.29. The fourth-order valence-electron chi connectivity index (χ4n) is 5.68. The number of nitrogens with zero attached hydrogens (tertiary/aromatic N) is 2. The van der Waals surface area contributed by atoms with Crippen molar-refractivity contribution in [1.82, 2.24) is 15.1 Å². The van der Waals surface area contributed by atoms with Crippen molar-refractivity contribution in [2.24, 2.45) is 11.7 Å². The van der Waals surface area contributed by atoms with E-state index >= 15 is 0 Å². The highest BCUT2D eigenvalue weighted by Gasteiger charge is 2.41. The molecule has 34 heavy (non-hydrogen) atoms. The second kappa shape index (κ2) is 11.3. The lowest BCUT2D eigenvalue weighted by molar-refractivity contribution is -0.149. The molecular weight excluding hydrogens is 435 g/mol. The number of rotatable bonds is 6. The van der Waals surface area contributed by atoms with E-state index in [1.54, 1.807) is 11.0 Å². The number of amides is 3. The summed E-state index contributed by atoms with van der Waals surface area (Å²) in [6.07, 6.45) is 8.77. The predicted octanol–water partition coefficient (Wildman–Crippen LogP) is 3.18. The van der Waals surface area contributed by atoms with E-state index in [0.717, 1.165) is 44.9 Å². The predicted molar refractivity (Wildman–Crippen MR) is 127 cm³/mol. The zero-order valence-electron chi connectivity index (χ0n) is 19.9. The van der Waals surface area contributed by atoms with E-state index < -0.39 is 17.9 Å². The van der Waals surface area contributed by atoms with Crippen molar-refractivity contribution in [3.8, 4) is 0 Å². The number of hydrogen-bond acceptors (Lipinski definition) is 4. The van der Waals surface area contributed by atoms with Crippen LogP contribution in [0.1, 0.15) is 81.0 Å². The van der Waals surface area contributed by atoms with Crippen LogP contribution < -0.4 is 11.1 Å². The zero-order chi connectivity index (χ0) is 24.1. The van der Waals surface area contributed by atoms with Crippen molar-refractivity contribution in [3.05, 3.63) is 35.6 Å². The van der Waals surface area contributed by atoms with Crippen molar-refractivity contribution >= 4 is 17.7 Å². The molecule has 3 N–H and O–H groups in total. The molecule has 2 aliphatic carbocycles. The standard InChI is InChI=1S/C26H37FN4O3/c27-20-8-3-7-19(17-20)26(34)31-16-4-15-30(23(32)14-9-18-5-1-2-6-18)25(31)24(33)29-22-12-10-21(28)11-13-22/h3,7-8,17-18,21-22,25H,1-2,4-6,9-16,28H2,(H,29,33). The first-order chi connectivity index (χ1) is 16.4. The summed E-state index contributed by atoms with van der Waals surface area (Å²) < 4.78 is 13.8. The van der Waals surface area contributed by atoms with E-state index in [9.17, 15) is 18.8 Å². The summed E-state index contributed by atoms with van der Waals surface area (Å²) in [5, 5.41) is 3.08. The van der Waals surface area contributed by atoms with E-state index in [2.05, 4.69) is 5.32 Å². The quantitative estimate of drug-likeness (QED) is 0.665. The average Bonchev–Trinajstić information content (AvgIpc) is 3.37. The minimum atomic E-state index is -1.02. The third-order valence-corrected chi connectivity index (χ3v) is 7.64. The SMILES string of the molecule is NC1CCC(NC(=O)C2N(C(=O)CCC3CCCC3)CCCN2C(=O)c2cccc(F)c2)CC1. The van der Waals surface area contributed by atoms with Crippen molar-refractivity contribution in [2.45, 2.75) is 88.9 Å². The molecule has 7 nitrogen and oxygen atoms in total. The summed E-state index contributed by atoms with van der Waals surface area (Å²) in [5.41, 5.74) is 6.19. The van der Waals surface area contributed by atoms with Crippen LogP contribution in [0.15, 0.2) is 24.3 Å². The molecule has 0 radical (unpaired) electrons. The van der Waals surface area contributed by atoms with Gasteiger partial charge in [-0.1, -0.05) is 31.7 Å². The van der Waals surface area contributed by atoms with Crippen LogP contribution in [-0.2, 0) is 9.59 Å². The molecule has 3 aliphatic rings. The van der Waals surface area contributed by atoms with Gasteiger partial charge in [-0.2, -0.15) is 0 Å². The molecule has 1 aliphatic heterocycles. The van der Waals surface area contributed by atoms with E-state index in [-0.39, 0.29) is 29.5 Å². The summed E-state index contributed by atoms with van der Waals surface area (Å²) in [6.45, 7) is 0.777. The van der Waals surface area contributed by atoms with E-state index in [1.165, 1.54) is 35.9 Å². The smallest absolute Gasteiger partial charge is 0.264 e. The van der Waals surface area contributed by atoms with Gasteiger partial charge in [-0.25, -0.2) is 4.39 Å². The van der Waals surface area contributed by atoms with Crippen LogP contribution >= 0.6 is 0 Å². The van der Waals surface area contributed by atoms with E-state index in [4.69, 9.17) is 5.73 Å². The van der Waals surface area contributed by atoms with Gasteiger partial charge < -0.3 is 20.9 Å². The van der Waals surface area contributed by atoms with E-state index in [0.29, 0.717) is 31.8 Å². The molecule has 1 aromatic rings. The molecular formula is C26H37FN4O3. The summed E-state index contributed by atoms with van der Waals surface area (Å²) in [7, 11) is 0. The Balaban J connectivity index is 1.52. The lowest BCUT2D eigenvalue weighted by Gasteiger charge is -2.43. The van der Waals surface area contributed by atoms with Gasteiger partial charge in [-0.3, -0.25) is 14.4 Å². The van der Waals surface area contributed by atoms with Crippen LogP contribution in [0.3, 0.4) is 0 Å². The zero-order valence-corrected chi connectivity index (χ0v) is 19.9. The van der Waals surface area contributed by atoms with Crippen molar-refractivity contribution in [3.63, 3.8) is 0 Å². The fraction of sp³-hybridized carbons (Fsp3) is 0.654. The summed E-state index contributed by atoms with van der Waals surface area (Å²) in [5.74, 6) is -0.795. The topological polar surface area (TPSA) is 95.7 Å². The molecule has 8 heteroatoms. The Morgan fingerprint density at radius 3 is 2.38 bits per heavy atom. The number of hydrogen-bond donors (Lipinski definition) is 2. The summed E-state index contributed by atoms with van der Waals surface area (Å²) in [4.78, 5) is 43.2. The molecule has 3 fully saturated rings. The molecule has 0 aromatic heterocycles. The second-order valence-corrected chi connectivity index (χ2v) is 10.1. The van der Waals surface area contributed by atoms with Gasteiger partial charge in [-0.15, -0.1) is 0 Å². The van der Waals surface area contributed by atoms with Crippen LogP contribution in [0.25, 0.3) is 0 Å². The van der Waals surface area contributed by atoms with Crippen molar-refractivity contribution < 1.29 is 18.8 Å². The van der Waals surface area contributed by atoms with Gasteiger partial charge in [0.2, 0.25) is 5.91 Å². The molecule has 1 unspecified atom stereocenters. The Bertz CT molecular complexity index is 881. The van der Waals surface area contributed by atoms with Crippen molar-refractivity contribution in [1.29, 1.82) is 0 Å². The van der Waals surface area contributed by atoms with Gasteiger partial charge in [0, 0.05) is 37.2 Å². The first-order valence-electron chi connectivity index (χ1n) is 12.8. The molecule has 3 amide bonds. The molecule has 1 saturated heterocycles. The third kappa shape index (κ3) is 5.95. The van der Waals surface area contributed by atoms with Crippen molar-refractivity contribution in [2.75, 3.05) is 13.1 Å². The molecule has 2 saturated carbocycles. The number of benzene rings is 1. The van der Waals surface area contributed by atoms with Crippen LogP contribution in [0.4, 0.5) is 4.39 Å². The van der Waals surface area contributed by atoms with Gasteiger partial charge in [0.25, 0.3) is 11.8 Å². The monoisotopic (exact) mass is 472 g/mol. The Hall–Kier alpha value is -2.48. The number of carbonyl (C=O) groups excluding carboxylic acids is 3. The molecule has 0 bridgehead atoms. The summed E-state index contributed by atoms with van der Waals surface area (Å²) >= 11 is 0. The van der Waals surface area contributed by atoms with Gasteiger partial charge in [-0.05, 0) is 62.6 Å². The molecule has 1 aromatic carbocycles. The Kier molecular flexibility index (Phi) is 8.19. The first-order valence-corrected chi connectivity index (χ1v) is 12.8. The molecule has 186 valence electrons. The van der Waals surface area contributed by atoms with Gasteiger partial charge >= 0.3 is 0 Å². The highest BCUT2D eigenvalue weighted by molar-refractivity contribution is 5.98. The molecule has 1 atom stereocenters. The van der Waals surface area contributed by atoms with Crippen LogP contribution in [0.5, 0.6) is 0 Å². The fourth-order valence-corrected chi connectivity index (χ4v) is 5.68. The maximum atomic E-state index is 13.8. The Labute approximate surface area is 201 Å². The van der Waals surface area contributed by atoms with Gasteiger partial charge in [0.05, 0.1) is 0 Å². The van der Waals surface area contributed by atoms with Crippen LogP contribution in [-0.4, -0.2) is 58.9 Å². The third-order valence-electron chi connectivity index (χ3n) is 7.64. The van der Waals surface area contributed by atoms with Crippen LogP contribution in [0.2, 0.25) is 0 Å². The minimum Gasteiger partial charge on any atom is -0.350 e. The Morgan fingerprint density at radius 2 is 1.68 bits per heavy atom. The molecule has 1 heterocycles. The lowest BCUT2D eigenvalue weighted by atomic mass is 9.91. The molecule has 0 spiro atoms. The number of nitrogens with one attached hydrogen (secondary N) is 1. The summed E-state index contributed by atoms with van der Waals surface area (Å²) in [6, 6.07) is 5.63. The molecule has 4 rings (SSSR count). The number of nitrogens with two attached hydrogens (primary N) is 1. The average molecular weight is 473 g/mol. The van der Waals surface area contributed by atoms with Crippen LogP contribution in [0, 0.1) is 11.7 Å². The maximum Gasteiger partial charge on any atom is 0.264 e. The van der Waals surface area contributed by atoms with E-state index in [1.807, 2.05) is 0 Å². The number of halogens is 1. The van der Waals surface area contributed by atoms with Gasteiger partial charge in [0.15, 0.2) is 6.17 Å². The lowest BCUT2D eigenvalue weighted by Crippen LogP contribution is -2.64. The highest BCUT2D eigenvalue weighted by atomic mass is 19.1. The minimum absolute atomic E-state index is 0.0178.